The maximum Gasteiger partial charge on any atom is 0.406 e. The van der Waals surface area contributed by atoms with Crippen LogP contribution in [0.3, 0.4) is 0 Å². The summed E-state index contributed by atoms with van der Waals surface area (Å²) in [6, 6.07) is 9.97. The smallest absolute Gasteiger partial charge is 0.406 e. The van der Waals surface area contributed by atoms with Crippen molar-refractivity contribution in [2.45, 2.75) is 37.0 Å². The van der Waals surface area contributed by atoms with Crippen molar-refractivity contribution in [2.75, 3.05) is 50.7 Å². The number of aromatic nitrogens is 1. The molecular formula is C28H33F3N4O3S. The van der Waals surface area contributed by atoms with E-state index in [1.54, 1.807) is 18.2 Å². The Kier molecular flexibility index (Phi) is 8.37. The number of hydrogen-bond donors (Lipinski definition) is 2. The molecule has 0 bridgehead atoms. The van der Waals surface area contributed by atoms with Gasteiger partial charge in [0, 0.05) is 41.7 Å². The van der Waals surface area contributed by atoms with Crippen LogP contribution in [0.1, 0.15) is 18.9 Å². The number of fused-ring (bicyclic) bond motifs is 1. The van der Waals surface area contributed by atoms with Crippen LogP contribution in [0, 0.1) is 17.8 Å². The van der Waals surface area contributed by atoms with E-state index < -0.39 is 22.6 Å². The largest absolute Gasteiger partial charge is 0.495 e. The Bertz CT molecular complexity index is 1510. The first kappa shape index (κ1) is 28.6. The fraction of sp³-hybridized carbons (Fsp3) is 0.429. The molecule has 0 amide bonds. The van der Waals surface area contributed by atoms with E-state index in [-0.39, 0.29) is 17.5 Å². The predicted octanol–water partition coefficient (Wildman–Crippen LogP) is 4.83. The summed E-state index contributed by atoms with van der Waals surface area (Å²) in [6.07, 6.45) is -0.841. The van der Waals surface area contributed by atoms with E-state index >= 15 is 0 Å². The Morgan fingerprint density at radius 1 is 1.15 bits per heavy atom. The lowest BCUT2D eigenvalue weighted by Crippen LogP contribution is -2.43. The third-order valence-electron chi connectivity index (χ3n) is 6.89. The zero-order valence-corrected chi connectivity index (χ0v) is 23.2. The average molecular weight is 563 g/mol. The second kappa shape index (κ2) is 11.4. The van der Waals surface area contributed by atoms with E-state index in [1.807, 2.05) is 6.07 Å². The van der Waals surface area contributed by atoms with Gasteiger partial charge in [-0.3, -0.25) is 0 Å². The van der Waals surface area contributed by atoms with Crippen LogP contribution >= 0.6 is 0 Å². The van der Waals surface area contributed by atoms with Crippen molar-refractivity contribution in [2.24, 2.45) is 5.92 Å². The average Bonchev–Trinajstić information content (AvgIpc) is 3.24. The fourth-order valence-electron chi connectivity index (χ4n) is 4.93. The molecule has 0 saturated carbocycles. The van der Waals surface area contributed by atoms with Crippen LogP contribution in [-0.4, -0.2) is 70.2 Å². The van der Waals surface area contributed by atoms with Gasteiger partial charge in [0.1, 0.15) is 12.3 Å². The summed E-state index contributed by atoms with van der Waals surface area (Å²) in [4.78, 5) is 2.42. The summed E-state index contributed by atoms with van der Waals surface area (Å²) in [7, 11) is 0.162. The highest BCUT2D eigenvalue weighted by atomic mass is 32.2. The molecule has 0 aliphatic carbocycles. The lowest BCUT2D eigenvalue weighted by Gasteiger charge is -2.36. The van der Waals surface area contributed by atoms with Crippen molar-refractivity contribution in [3.8, 4) is 17.6 Å². The van der Waals surface area contributed by atoms with Gasteiger partial charge >= 0.3 is 6.18 Å². The van der Waals surface area contributed by atoms with Gasteiger partial charge in [-0.05, 0) is 62.3 Å². The summed E-state index contributed by atoms with van der Waals surface area (Å²) in [5, 5.41) is 7.38. The lowest BCUT2D eigenvalue weighted by atomic mass is 9.93. The number of alkyl halides is 3. The number of rotatable bonds is 7. The number of benzene rings is 2. The van der Waals surface area contributed by atoms with Crippen molar-refractivity contribution in [1.82, 2.24) is 9.47 Å². The molecule has 2 heterocycles. The topological polar surface area (TPSA) is 75.6 Å². The highest BCUT2D eigenvalue weighted by molar-refractivity contribution is 7.90. The van der Waals surface area contributed by atoms with Crippen LogP contribution in [-0.2, 0) is 16.4 Å². The molecule has 2 aromatic carbocycles. The fourth-order valence-corrected chi connectivity index (χ4v) is 5.58. The first-order valence-corrected chi connectivity index (χ1v) is 14.5. The Morgan fingerprint density at radius 2 is 1.92 bits per heavy atom. The number of piperidine rings is 1. The van der Waals surface area contributed by atoms with E-state index in [0.29, 0.717) is 28.4 Å². The maximum absolute atomic E-state index is 13.3. The first-order chi connectivity index (χ1) is 18.3. The highest BCUT2D eigenvalue weighted by Crippen LogP contribution is 2.32. The van der Waals surface area contributed by atoms with Crippen LogP contribution in [0.25, 0.3) is 10.9 Å². The molecule has 2 N–H and O–H groups in total. The van der Waals surface area contributed by atoms with Crippen molar-refractivity contribution >= 4 is 32.1 Å². The van der Waals surface area contributed by atoms with Gasteiger partial charge in [-0.1, -0.05) is 18.8 Å². The number of hydrogen-bond acceptors (Lipinski definition) is 6. The molecule has 11 heteroatoms. The standard InChI is InChI=1S/C28H33F3N4O3S/c1-19-17-34(2)12-10-23(19)33-24-14-20(15-26-22(24)9-13-35(26)18-28(29,30)31)6-5-11-32-25-16-21(39(4,36)37)7-8-27(25)38-3/h7-9,13-16,19,23,32-33H,10-12,17-18H2,1-4H3. The molecule has 7 nitrogen and oxygen atoms in total. The van der Waals surface area contributed by atoms with Crippen molar-refractivity contribution < 1.29 is 26.3 Å². The SMILES string of the molecule is COc1ccc(S(C)(=O)=O)cc1NCC#Cc1cc(NC2CCN(C)CC2C)c2ccn(CC(F)(F)F)c2c1. The number of halogens is 3. The molecule has 2 unspecified atom stereocenters. The van der Waals surface area contributed by atoms with Crippen LogP contribution in [0.5, 0.6) is 5.75 Å². The molecule has 1 aromatic heterocycles. The molecule has 3 aromatic rings. The van der Waals surface area contributed by atoms with E-state index in [2.05, 4.69) is 41.3 Å². The van der Waals surface area contributed by atoms with Crippen LogP contribution in [0.2, 0.25) is 0 Å². The molecular weight excluding hydrogens is 529 g/mol. The first-order valence-electron chi connectivity index (χ1n) is 12.6. The molecule has 0 spiro atoms. The van der Waals surface area contributed by atoms with Gasteiger partial charge in [-0.25, -0.2) is 8.42 Å². The number of anilines is 2. The molecule has 0 radical (unpaired) electrons. The summed E-state index contributed by atoms with van der Waals surface area (Å²) in [5.41, 5.74) is 2.27. The number of methoxy groups -OCH3 is 1. The zero-order valence-electron chi connectivity index (χ0n) is 22.4. The Hall–Kier alpha value is -3.36. The molecule has 1 aliphatic heterocycles. The summed E-state index contributed by atoms with van der Waals surface area (Å²) >= 11 is 0. The van der Waals surface area contributed by atoms with Crippen molar-refractivity contribution in [3.63, 3.8) is 0 Å². The number of nitrogens with zero attached hydrogens (tertiary/aromatic N) is 2. The Morgan fingerprint density at radius 3 is 2.59 bits per heavy atom. The zero-order chi connectivity index (χ0) is 28.4. The normalized spacial score (nSPS) is 18.4. The minimum absolute atomic E-state index is 0.147. The third-order valence-corrected chi connectivity index (χ3v) is 8.00. The van der Waals surface area contributed by atoms with Gasteiger partial charge in [0.15, 0.2) is 9.84 Å². The predicted molar refractivity (Wildman–Crippen MR) is 148 cm³/mol. The molecule has 4 rings (SSSR count). The third kappa shape index (κ3) is 7.19. The number of likely N-dealkylation sites (tertiary alicyclic amines) is 1. The summed E-state index contributed by atoms with van der Waals surface area (Å²) < 4.78 is 70.1. The van der Waals surface area contributed by atoms with Crippen molar-refractivity contribution in [1.29, 1.82) is 0 Å². The van der Waals surface area contributed by atoms with Gasteiger partial charge in [0.05, 0.1) is 29.8 Å². The van der Waals surface area contributed by atoms with E-state index in [4.69, 9.17) is 4.74 Å². The Labute approximate surface area is 227 Å². The Balaban J connectivity index is 1.62. The minimum Gasteiger partial charge on any atom is -0.495 e. The second-order valence-corrected chi connectivity index (χ2v) is 12.1. The minimum atomic E-state index is -4.35. The van der Waals surface area contributed by atoms with Crippen LogP contribution in [0.15, 0.2) is 47.5 Å². The number of sulfone groups is 1. The second-order valence-electron chi connectivity index (χ2n) is 10.1. The van der Waals surface area contributed by atoms with Gasteiger partial charge in [0.25, 0.3) is 0 Å². The van der Waals surface area contributed by atoms with Gasteiger partial charge in [-0.2, -0.15) is 13.2 Å². The highest BCUT2D eigenvalue weighted by Gasteiger charge is 2.29. The summed E-state index contributed by atoms with van der Waals surface area (Å²) in [6.45, 7) is 3.12. The van der Waals surface area contributed by atoms with E-state index in [9.17, 15) is 21.6 Å². The quantitative estimate of drug-likeness (QED) is 0.402. The van der Waals surface area contributed by atoms with Gasteiger partial charge < -0.3 is 24.8 Å². The molecule has 2 atom stereocenters. The van der Waals surface area contributed by atoms with E-state index in [0.717, 1.165) is 36.8 Å². The maximum atomic E-state index is 13.3. The molecule has 1 fully saturated rings. The van der Waals surface area contributed by atoms with Crippen LogP contribution in [0.4, 0.5) is 24.5 Å². The number of nitrogens with one attached hydrogen (secondary N) is 2. The molecule has 1 saturated heterocycles. The summed E-state index contributed by atoms with van der Waals surface area (Å²) in [5.74, 6) is 6.88. The van der Waals surface area contributed by atoms with Crippen molar-refractivity contribution in [3.05, 3.63) is 48.2 Å². The van der Waals surface area contributed by atoms with Gasteiger partial charge in [0.2, 0.25) is 0 Å². The van der Waals surface area contributed by atoms with Crippen LogP contribution < -0.4 is 15.4 Å². The lowest BCUT2D eigenvalue weighted by molar-refractivity contribution is -0.139. The number of ether oxygens (including phenoxy) is 1. The van der Waals surface area contributed by atoms with Gasteiger partial charge in [-0.15, -0.1) is 0 Å². The molecule has 39 heavy (non-hydrogen) atoms. The van der Waals surface area contributed by atoms with E-state index in [1.165, 1.54) is 30.0 Å². The molecule has 210 valence electrons. The molecule has 1 aliphatic rings. The monoisotopic (exact) mass is 562 g/mol.